The first-order chi connectivity index (χ1) is 19.2. The number of amides is 1. The molecule has 6 rings (SSSR count). The van der Waals surface area contributed by atoms with Gasteiger partial charge in [0.2, 0.25) is 11.9 Å². The van der Waals surface area contributed by atoms with E-state index in [-0.39, 0.29) is 41.9 Å². The molecule has 9 nitrogen and oxygen atoms in total. The van der Waals surface area contributed by atoms with Crippen molar-refractivity contribution in [3.63, 3.8) is 0 Å². The van der Waals surface area contributed by atoms with Gasteiger partial charge in [-0.05, 0) is 55.5 Å². The average molecular weight is 563 g/mol. The summed E-state index contributed by atoms with van der Waals surface area (Å²) in [6, 6.07) is 4.77. The van der Waals surface area contributed by atoms with Crippen LogP contribution in [0.5, 0.6) is 0 Å². The number of benzene rings is 1. The number of anilines is 1. The summed E-state index contributed by atoms with van der Waals surface area (Å²) in [5.74, 6) is -0.671. The van der Waals surface area contributed by atoms with Gasteiger partial charge in [0.15, 0.2) is 5.82 Å². The van der Waals surface area contributed by atoms with Gasteiger partial charge in [-0.1, -0.05) is 0 Å². The number of ether oxygens (including phenoxy) is 2. The number of halogens is 4. The Kier molecular flexibility index (Phi) is 7.36. The molecular formula is C27H30F4N6O3. The fourth-order valence-corrected chi connectivity index (χ4v) is 5.95. The van der Waals surface area contributed by atoms with Crippen LogP contribution in [0.1, 0.15) is 42.1 Å². The topological polar surface area (TPSA) is 104 Å². The Bertz CT molecular complexity index is 1380. The SMILES string of the molecule is O=C(CNc1n[nH]c2ccc(C(F)(F)F)cc12)NC1CN(C2CCOCC2)C[C@@H]1OC1CCc2cc(F)ncc21. The van der Waals surface area contributed by atoms with Crippen LogP contribution in [0, 0.1) is 5.95 Å². The molecule has 0 saturated carbocycles. The summed E-state index contributed by atoms with van der Waals surface area (Å²) in [6.45, 7) is 2.44. The van der Waals surface area contributed by atoms with Crippen LogP contribution in [0.4, 0.5) is 23.4 Å². The minimum absolute atomic E-state index is 0.168. The third kappa shape index (κ3) is 5.63. The number of fused-ring (bicyclic) bond motifs is 2. The first kappa shape index (κ1) is 26.9. The second-order valence-electron chi connectivity index (χ2n) is 10.6. The Morgan fingerprint density at radius 2 is 2.00 bits per heavy atom. The minimum atomic E-state index is -4.49. The van der Waals surface area contributed by atoms with E-state index in [0.29, 0.717) is 50.7 Å². The van der Waals surface area contributed by atoms with Gasteiger partial charge in [-0.3, -0.25) is 14.8 Å². The number of pyridine rings is 1. The number of hydrogen-bond acceptors (Lipinski definition) is 7. The molecule has 1 aliphatic carbocycles. The first-order valence-corrected chi connectivity index (χ1v) is 13.4. The van der Waals surface area contributed by atoms with Crippen LogP contribution < -0.4 is 10.6 Å². The normalized spacial score (nSPS) is 23.9. The van der Waals surface area contributed by atoms with Crippen molar-refractivity contribution < 1.29 is 31.8 Å². The smallest absolute Gasteiger partial charge is 0.381 e. The van der Waals surface area contributed by atoms with Gasteiger partial charge in [-0.2, -0.15) is 22.7 Å². The highest BCUT2D eigenvalue weighted by Crippen LogP contribution is 2.37. The van der Waals surface area contributed by atoms with Crippen molar-refractivity contribution in [2.75, 3.05) is 38.2 Å². The number of H-pyrrole nitrogens is 1. The zero-order valence-electron chi connectivity index (χ0n) is 21.6. The van der Waals surface area contributed by atoms with Crippen LogP contribution in [0.3, 0.4) is 0 Å². The van der Waals surface area contributed by atoms with Crippen molar-refractivity contribution >= 4 is 22.6 Å². The molecule has 3 aromatic rings. The molecule has 2 saturated heterocycles. The Hall–Kier alpha value is -3.29. The molecule has 3 atom stereocenters. The lowest BCUT2D eigenvalue weighted by atomic mass is 10.1. The third-order valence-corrected chi connectivity index (χ3v) is 8.01. The van der Waals surface area contributed by atoms with E-state index in [1.165, 1.54) is 18.3 Å². The third-order valence-electron chi connectivity index (χ3n) is 8.01. The van der Waals surface area contributed by atoms with Crippen LogP contribution in [-0.2, 0) is 26.9 Å². The summed E-state index contributed by atoms with van der Waals surface area (Å²) in [5.41, 5.74) is 1.40. The Morgan fingerprint density at radius 3 is 2.80 bits per heavy atom. The van der Waals surface area contributed by atoms with E-state index < -0.39 is 17.7 Å². The Morgan fingerprint density at radius 1 is 1.18 bits per heavy atom. The molecule has 0 spiro atoms. The number of carbonyl (C=O) groups is 1. The molecule has 0 radical (unpaired) electrons. The van der Waals surface area contributed by atoms with Crippen LogP contribution in [0.2, 0.25) is 0 Å². The molecule has 0 bridgehead atoms. The highest BCUT2D eigenvalue weighted by Gasteiger charge is 2.40. The van der Waals surface area contributed by atoms with E-state index >= 15 is 0 Å². The van der Waals surface area contributed by atoms with E-state index in [1.807, 2.05) is 0 Å². The molecule has 2 fully saturated rings. The zero-order valence-corrected chi connectivity index (χ0v) is 21.6. The highest BCUT2D eigenvalue weighted by atomic mass is 19.4. The van der Waals surface area contributed by atoms with E-state index in [0.717, 1.165) is 36.1 Å². The molecule has 3 N–H and O–H groups in total. The van der Waals surface area contributed by atoms with Crippen molar-refractivity contribution in [2.45, 2.75) is 56.2 Å². The Labute approximate surface area is 227 Å². The number of aromatic amines is 1. The lowest BCUT2D eigenvalue weighted by molar-refractivity contribution is -0.137. The maximum atomic E-state index is 13.6. The van der Waals surface area contributed by atoms with Crippen molar-refractivity contribution in [1.82, 2.24) is 25.4 Å². The number of alkyl halides is 3. The molecule has 13 heteroatoms. The predicted molar refractivity (Wildman–Crippen MR) is 137 cm³/mol. The zero-order chi connectivity index (χ0) is 27.9. The summed E-state index contributed by atoms with van der Waals surface area (Å²) >= 11 is 0. The molecule has 214 valence electrons. The minimum Gasteiger partial charge on any atom is -0.381 e. The maximum Gasteiger partial charge on any atom is 0.416 e. The van der Waals surface area contributed by atoms with Gasteiger partial charge < -0.3 is 20.1 Å². The van der Waals surface area contributed by atoms with Crippen molar-refractivity contribution in [2.24, 2.45) is 0 Å². The van der Waals surface area contributed by atoms with E-state index in [2.05, 4.69) is 30.7 Å². The number of aryl methyl sites for hydroxylation is 1. The summed E-state index contributed by atoms with van der Waals surface area (Å²) < 4.78 is 65.2. The molecule has 4 heterocycles. The number of nitrogens with one attached hydrogen (secondary N) is 3. The fraction of sp³-hybridized carbons (Fsp3) is 0.519. The highest BCUT2D eigenvalue weighted by molar-refractivity contribution is 5.92. The maximum absolute atomic E-state index is 13.6. The summed E-state index contributed by atoms with van der Waals surface area (Å²) in [4.78, 5) is 19.1. The molecule has 1 aromatic carbocycles. The average Bonchev–Trinajstić information content (AvgIpc) is 3.64. The predicted octanol–water partition coefficient (Wildman–Crippen LogP) is 3.58. The molecule has 2 aliphatic heterocycles. The summed E-state index contributed by atoms with van der Waals surface area (Å²) in [6.07, 6.45) is -0.284. The number of likely N-dealkylation sites (tertiary alicyclic amines) is 1. The second-order valence-corrected chi connectivity index (χ2v) is 10.6. The van der Waals surface area contributed by atoms with Crippen molar-refractivity contribution in [3.05, 3.63) is 53.1 Å². The van der Waals surface area contributed by atoms with Gasteiger partial charge in [0.1, 0.15) is 0 Å². The van der Waals surface area contributed by atoms with Gasteiger partial charge >= 0.3 is 6.18 Å². The first-order valence-electron chi connectivity index (χ1n) is 13.4. The molecule has 2 unspecified atom stereocenters. The van der Waals surface area contributed by atoms with E-state index in [4.69, 9.17) is 9.47 Å². The molecule has 3 aliphatic rings. The quantitative estimate of drug-likeness (QED) is 0.299. The van der Waals surface area contributed by atoms with Gasteiger partial charge in [0.05, 0.1) is 35.9 Å². The van der Waals surface area contributed by atoms with Crippen LogP contribution >= 0.6 is 0 Å². The number of nitrogens with zero attached hydrogens (tertiary/aromatic N) is 3. The standard InChI is InChI=1S/C27H30F4N6O3/c28-24-9-15-1-4-22(19(15)11-32-24)40-23-14-37(17-5-7-39-8-6-17)13-21(23)34-25(38)12-33-26-18-10-16(27(29,30)31)2-3-20(18)35-36-26/h2-3,9-11,17,21-23H,1,4-8,12-14H2,(H,34,38)(H2,33,35,36)/t21?,22?,23-/m0/s1. The fourth-order valence-electron chi connectivity index (χ4n) is 5.95. The largest absolute Gasteiger partial charge is 0.416 e. The van der Waals surface area contributed by atoms with Crippen LogP contribution in [0.25, 0.3) is 10.9 Å². The lowest BCUT2D eigenvalue weighted by Crippen LogP contribution is -2.46. The Balaban J connectivity index is 1.13. The summed E-state index contributed by atoms with van der Waals surface area (Å²) in [5, 5.41) is 12.9. The summed E-state index contributed by atoms with van der Waals surface area (Å²) in [7, 11) is 0. The molecule has 2 aromatic heterocycles. The number of carbonyl (C=O) groups excluding carboxylic acids is 1. The number of hydrogen-bond donors (Lipinski definition) is 3. The molecule has 1 amide bonds. The molecule has 40 heavy (non-hydrogen) atoms. The number of aromatic nitrogens is 3. The van der Waals surface area contributed by atoms with Gasteiger partial charge in [-0.25, -0.2) is 4.98 Å². The second kappa shape index (κ2) is 10.9. The van der Waals surface area contributed by atoms with Crippen molar-refractivity contribution in [3.8, 4) is 0 Å². The number of rotatable bonds is 7. The van der Waals surface area contributed by atoms with E-state index in [9.17, 15) is 22.4 Å². The van der Waals surface area contributed by atoms with Gasteiger partial charge in [0.25, 0.3) is 0 Å². The lowest BCUT2D eigenvalue weighted by Gasteiger charge is -2.31. The van der Waals surface area contributed by atoms with Crippen LogP contribution in [-0.4, -0.2) is 77.0 Å². The van der Waals surface area contributed by atoms with Crippen molar-refractivity contribution in [1.29, 1.82) is 0 Å². The van der Waals surface area contributed by atoms with Crippen LogP contribution in [0.15, 0.2) is 30.5 Å². The monoisotopic (exact) mass is 562 g/mol. The van der Waals surface area contributed by atoms with Gasteiger partial charge in [0, 0.05) is 49.5 Å². The van der Waals surface area contributed by atoms with Gasteiger partial charge in [-0.15, -0.1) is 0 Å². The molecular weight excluding hydrogens is 532 g/mol. The van der Waals surface area contributed by atoms with E-state index in [1.54, 1.807) is 0 Å².